The number of rotatable bonds is 6. The first-order valence-corrected chi connectivity index (χ1v) is 16.6. The molecule has 1 N–H and O–H groups in total. The van der Waals surface area contributed by atoms with Gasteiger partial charge in [-0.05, 0) is 112 Å². The largest absolute Gasteiger partial charge is 0.872 e. The van der Waals surface area contributed by atoms with E-state index in [2.05, 4.69) is 86.6 Å². The van der Waals surface area contributed by atoms with Crippen molar-refractivity contribution in [3.05, 3.63) is 114 Å². The Labute approximate surface area is 262 Å². The first-order chi connectivity index (χ1) is 21.2. The van der Waals surface area contributed by atoms with E-state index in [1.54, 1.807) is 0 Å². The maximum atomic E-state index is 13.6. The molecule has 5 nitrogen and oxygen atoms in total. The van der Waals surface area contributed by atoms with Crippen molar-refractivity contribution in [2.24, 2.45) is 23.2 Å². The van der Waals surface area contributed by atoms with Crippen LogP contribution in [0.25, 0.3) is 0 Å². The van der Waals surface area contributed by atoms with Crippen LogP contribution in [-0.2, 0) is 15.7 Å². The summed E-state index contributed by atoms with van der Waals surface area (Å²) in [6.45, 7) is 4.19. The molecular formula is C38H38O5S. The molecule has 0 aliphatic heterocycles. The van der Waals surface area contributed by atoms with Crippen molar-refractivity contribution in [2.45, 2.75) is 67.1 Å². The van der Waals surface area contributed by atoms with Gasteiger partial charge in [0.25, 0.3) is 0 Å². The molecule has 0 unspecified atom stereocenters. The molecule has 8 rings (SSSR count). The Morgan fingerprint density at radius 1 is 0.727 bits per heavy atom. The fourth-order valence-electron chi connectivity index (χ4n) is 7.92. The lowest BCUT2D eigenvalue weighted by molar-refractivity contribution is -0.268. The lowest BCUT2D eigenvalue weighted by atomic mass is 9.49. The molecule has 0 radical (unpaired) electrons. The molecular weight excluding hydrogens is 568 g/mol. The number of esters is 1. The Kier molecular flexibility index (Phi) is 8.55. The van der Waals surface area contributed by atoms with Gasteiger partial charge in [0, 0.05) is 12.1 Å². The van der Waals surface area contributed by atoms with E-state index in [9.17, 15) is 14.7 Å². The number of carboxylic acids is 1. The Bertz CT molecular complexity index is 1550. The molecule has 4 aromatic rings. The Morgan fingerprint density at radius 3 is 1.61 bits per heavy atom. The molecule has 4 aliphatic carbocycles. The number of aromatic carboxylic acids is 1. The van der Waals surface area contributed by atoms with Gasteiger partial charge in [0.05, 0.1) is 21.9 Å². The summed E-state index contributed by atoms with van der Waals surface area (Å²) in [5.74, 6) is 1.40. The molecule has 44 heavy (non-hydrogen) atoms. The normalized spacial score (nSPS) is 23.1. The van der Waals surface area contributed by atoms with Crippen molar-refractivity contribution in [3.63, 3.8) is 0 Å². The molecule has 4 saturated carbocycles. The SMILES string of the molecule is Cc1cc([S+](c2ccccc2)c2ccccc2)cc(C)c1OC(=O)C12CC3CC(CC(C3)C1)C2.O=C(O)c1ccccc1[O-]. The van der Waals surface area contributed by atoms with Crippen LogP contribution in [0.3, 0.4) is 0 Å². The molecule has 226 valence electrons. The Morgan fingerprint density at radius 2 is 1.18 bits per heavy atom. The predicted molar refractivity (Wildman–Crippen MR) is 170 cm³/mol. The van der Waals surface area contributed by atoms with Crippen LogP contribution < -0.4 is 9.84 Å². The van der Waals surface area contributed by atoms with Crippen molar-refractivity contribution in [1.82, 2.24) is 0 Å². The molecule has 4 aromatic carbocycles. The van der Waals surface area contributed by atoms with E-state index in [1.807, 2.05) is 0 Å². The molecule has 0 atom stereocenters. The van der Waals surface area contributed by atoms with Crippen LogP contribution in [0, 0.1) is 37.0 Å². The van der Waals surface area contributed by atoms with Crippen LogP contribution in [0.2, 0.25) is 0 Å². The fourth-order valence-corrected chi connectivity index (χ4v) is 10.2. The summed E-state index contributed by atoms with van der Waals surface area (Å²) in [6, 6.07) is 31.4. The van der Waals surface area contributed by atoms with Gasteiger partial charge in [-0.25, -0.2) is 4.79 Å². The second-order valence-corrected chi connectivity index (χ2v) is 14.7. The highest BCUT2D eigenvalue weighted by Crippen LogP contribution is 2.60. The van der Waals surface area contributed by atoms with E-state index in [0.29, 0.717) is 0 Å². The molecule has 0 amide bonds. The van der Waals surface area contributed by atoms with Gasteiger partial charge in [-0.1, -0.05) is 60.3 Å². The standard InChI is InChI=1S/C31H33O2S.C7H6O3/c1-21-13-28(34(26-9-5-3-6-10-26)27-11-7-4-8-12-27)14-22(2)29(21)33-30(32)31-18-23-15-24(19-31)17-25(16-23)20-31;8-6-4-2-1-3-5(6)7(9)10/h3-14,23-25H,15-20H2,1-2H3;1-4,8H,(H,9,10)/q+1;/p-1. The number of carboxylic acid groups (broad SMARTS) is 1. The third-order valence-corrected chi connectivity index (χ3v) is 11.6. The zero-order chi connectivity index (χ0) is 30.8. The van der Waals surface area contributed by atoms with Gasteiger partial charge in [-0.3, -0.25) is 4.79 Å². The van der Waals surface area contributed by atoms with Crippen LogP contribution in [0.5, 0.6) is 11.5 Å². The second-order valence-electron chi connectivity index (χ2n) is 12.7. The van der Waals surface area contributed by atoms with Gasteiger partial charge in [0.1, 0.15) is 5.75 Å². The van der Waals surface area contributed by atoms with Crippen LogP contribution in [0.1, 0.15) is 60.0 Å². The number of carbonyl (C=O) groups is 2. The number of ether oxygens (including phenoxy) is 1. The summed E-state index contributed by atoms with van der Waals surface area (Å²) in [7, 11) is -0.205. The van der Waals surface area contributed by atoms with Crippen molar-refractivity contribution in [2.75, 3.05) is 0 Å². The number of hydrogen-bond acceptors (Lipinski definition) is 4. The summed E-state index contributed by atoms with van der Waals surface area (Å²) in [4.78, 5) is 27.7. The van der Waals surface area contributed by atoms with Crippen LogP contribution in [-0.4, -0.2) is 17.0 Å². The average molecular weight is 607 g/mol. The number of hydrogen-bond donors (Lipinski definition) is 1. The molecule has 0 aromatic heterocycles. The van der Waals surface area contributed by atoms with E-state index >= 15 is 0 Å². The molecule has 4 aliphatic rings. The van der Waals surface area contributed by atoms with Crippen LogP contribution in [0.4, 0.5) is 0 Å². The van der Waals surface area contributed by atoms with E-state index in [1.165, 1.54) is 58.2 Å². The minimum absolute atomic E-state index is 0.0377. The summed E-state index contributed by atoms with van der Waals surface area (Å²) >= 11 is 0. The highest BCUT2D eigenvalue weighted by molar-refractivity contribution is 7.97. The van der Waals surface area contributed by atoms with Crippen LogP contribution in [0.15, 0.2) is 112 Å². The number of benzene rings is 4. The summed E-state index contributed by atoms with van der Waals surface area (Å²) in [5, 5.41) is 19.0. The predicted octanol–water partition coefficient (Wildman–Crippen LogP) is 7.98. The third kappa shape index (κ3) is 6.14. The van der Waals surface area contributed by atoms with Crippen LogP contribution >= 0.6 is 0 Å². The van der Waals surface area contributed by atoms with Crippen molar-refractivity contribution in [3.8, 4) is 11.5 Å². The molecule has 4 fully saturated rings. The molecule has 0 saturated heterocycles. The molecule has 4 bridgehead atoms. The number of para-hydroxylation sites is 1. The minimum Gasteiger partial charge on any atom is -0.872 e. The average Bonchev–Trinajstić information content (AvgIpc) is 3.00. The van der Waals surface area contributed by atoms with Gasteiger partial charge in [-0.15, -0.1) is 0 Å². The zero-order valence-electron chi connectivity index (χ0n) is 25.2. The first kappa shape index (κ1) is 30.0. The number of aryl methyl sites for hydroxylation is 2. The number of carbonyl (C=O) groups excluding carboxylic acids is 1. The monoisotopic (exact) mass is 606 g/mol. The van der Waals surface area contributed by atoms with Gasteiger partial charge in [0.15, 0.2) is 14.7 Å². The maximum absolute atomic E-state index is 13.6. The highest BCUT2D eigenvalue weighted by Gasteiger charge is 2.55. The molecule has 6 heteroatoms. The van der Waals surface area contributed by atoms with E-state index in [4.69, 9.17) is 9.84 Å². The topological polar surface area (TPSA) is 86.7 Å². The Hall–Kier alpha value is -4.03. The fraction of sp³-hybridized carbons (Fsp3) is 0.316. The Balaban J connectivity index is 0.000000294. The first-order valence-electron chi connectivity index (χ1n) is 15.4. The van der Waals surface area contributed by atoms with Crippen molar-refractivity contribution in [1.29, 1.82) is 0 Å². The molecule has 0 spiro atoms. The van der Waals surface area contributed by atoms with Gasteiger partial charge in [-0.2, -0.15) is 0 Å². The second kappa shape index (κ2) is 12.5. The van der Waals surface area contributed by atoms with Gasteiger partial charge >= 0.3 is 11.9 Å². The minimum atomic E-state index is -1.18. The summed E-state index contributed by atoms with van der Waals surface area (Å²) in [5.41, 5.74) is 1.70. The van der Waals surface area contributed by atoms with E-state index in [0.717, 1.165) is 53.9 Å². The van der Waals surface area contributed by atoms with Gasteiger partial charge < -0.3 is 14.9 Å². The highest BCUT2D eigenvalue weighted by atomic mass is 32.2. The smallest absolute Gasteiger partial charge is 0.335 e. The summed E-state index contributed by atoms with van der Waals surface area (Å²) in [6.07, 6.45) is 7.13. The van der Waals surface area contributed by atoms with E-state index in [-0.39, 0.29) is 27.8 Å². The summed E-state index contributed by atoms with van der Waals surface area (Å²) < 4.78 is 6.27. The van der Waals surface area contributed by atoms with E-state index < -0.39 is 11.7 Å². The van der Waals surface area contributed by atoms with Crippen molar-refractivity contribution >= 4 is 22.8 Å². The quantitative estimate of drug-likeness (QED) is 0.137. The third-order valence-electron chi connectivity index (χ3n) is 9.41. The lowest BCUT2D eigenvalue weighted by Gasteiger charge is -2.55. The van der Waals surface area contributed by atoms with Crippen molar-refractivity contribution < 1.29 is 24.5 Å². The molecule has 0 heterocycles. The van der Waals surface area contributed by atoms with Gasteiger partial charge in [0.2, 0.25) is 0 Å². The lowest BCUT2D eigenvalue weighted by Crippen LogP contribution is -2.51. The zero-order valence-corrected chi connectivity index (χ0v) is 26.0. The maximum Gasteiger partial charge on any atom is 0.335 e.